The molecule has 3 heterocycles. The maximum absolute atomic E-state index is 5.65. The lowest BCUT2D eigenvalue weighted by molar-refractivity contribution is 0.180. The van der Waals surface area contributed by atoms with Crippen LogP contribution in [0.5, 0.6) is 11.5 Å². The Balaban J connectivity index is 1.90. The number of aromatic nitrogens is 3. The van der Waals surface area contributed by atoms with E-state index in [2.05, 4.69) is 11.0 Å². The van der Waals surface area contributed by atoms with Crippen molar-refractivity contribution in [2.24, 2.45) is 0 Å². The lowest BCUT2D eigenvalue weighted by Gasteiger charge is -2.26. The zero-order valence-corrected chi connectivity index (χ0v) is 17.7. The summed E-state index contributed by atoms with van der Waals surface area (Å²) in [6, 6.07) is 8.31. The van der Waals surface area contributed by atoms with Gasteiger partial charge in [-0.25, -0.2) is 4.98 Å². The largest absolute Gasteiger partial charge is 0.497 e. The SMILES string of the molecule is COC[C@@H]1CCCN1c1cc(C)nc2c(-c3ccc(OC)cc3OC)c(C)nn12. The van der Waals surface area contributed by atoms with Crippen molar-refractivity contribution < 1.29 is 14.2 Å². The molecule has 2 aromatic heterocycles. The van der Waals surface area contributed by atoms with Gasteiger partial charge in [-0.05, 0) is 38.8 Å². The van der Waals surface area contributed by atoms with Crippen LogP contribution in [-0.2, 0) is 4.74 Å². The highest BCUT2D eigenvalue weighted by atomic mass is 16.5. The van der Waals surface area contributed by atoms with Gasteiger partial charge in [0, 0.05) is 37.0 Å². The van der Waals surface area contributed by atoms with Crippen molar-refractivity contribution in [1.29, 1.82) is 0 Å². The van der Waals surface area contributed by atoms with E-state index in [-0.39, 0.29) is 0 Å². The number of aryl methyl sites for hydroxylation is 2. The molecule has 0 N–H and O–H groups in total. The Kier molecular flexibility index (Phi) is 5.32. The third kappa shape index (κ3) is 3.40. The van der Waals surface area contributed by atoms with Crippen LogP contribution >= 0.6 is 0 Å². The van der Waals surface area contributed by atoms with E-state index in [9.17, 15) is 0 Å². The van der Waals surface area contributed by atoms with E-state index >= 15 is 0 Å². The van der Waals surface area contributed by atoms with Crippen molar-refractivity contribution in [3.05, 3.63) is 35.7 Å². The van der Waals surface area contributed by atoms with E-state index < -0.39 is 0 Å². The van der Waals surface area contributed by atoms with Crippen LogP contribution < -0.4 is 14.4 Å². The van der Waals surface area contributed by atoms with Crippen LogP contribution in [0.4, 0.5) is 5.82 Å². The zero-order valence-electron chi connectivity index (χ0n) is 17.7. The molecule has 1 aliphatic rings. The molecular formula is C22H28N4O3. The van der Waals surface area contributed by atoms with E-state index in [1.165, 1.54) is 0 Å². The molecule has 0 saturated carbocycles. The van der Waals surface area contributed by atoms with E-state index in [0.29, 0.717) is 12.6 Å². The van der Waals surface area contributed by atoms with E-state index in [1.54, 1.807) is 21.3 Å². The molecule has 0 amide bonds. The fourth-order valence-corrected chi connectivity index (χ4v) is 4.25. The minimum Gasteiger partial charge on any atom is -0.497 e. The molecule has 1 fully saturated rings. The van der Waals surface area contributed by atoms with Crippen molar-refractivity contribution in [3.8, 4) is 22.6 Å². The number of fused-ring (bicyclic) bond motifs is 1. The van der Waals surface area contributed by atoms with Crippen molar-refractivity contribution in [3.63, 3.8) is 0 Å². The molecule has 0 unspecified atom stereocenters. The number of ether oxygens (including phenoxy) is 3. The molecule has 154 valence electrons. The summed E-state index contributed by atoms with van der Waals surface area (Å²) >= 11 is 0. The number of hydrogen-bond acceptors (Lipinski definition) is 6. The first-order valence-corrected chi connectivity index (χ1v) is 9.92. The first-order chi connectivity index (χ1) is 14.1. The first kappa shape index (κ1) is 19.5. The molecule has 0 bridgehead atoms. The number of methoxy groups -OCH3 is 3. The zero-order chi connectivity index (χ0) is 20.5. The Morgan fingerprint density at radius 3 is 2.66 bits per heavy atom. The molecule has 1 atom stereocenters. The molecule has 1 aromatic carbocycles. The second-order valence-corrected chi connectivity index (χ2v) is 7.46. The normalized spacial score (nSPS) is 16.6. The Bertz CT molecular complexity index is 1030. The quantitative estimate of drug-likeness (QED) is 0.634. The molecule has 4 rings (SSSR count). The summed E-state index contributed by atoms with van der Waals surface area (Å²) in [6.45, 7) is 5.75. The monoisotopic (exact) mass is 396 g/mol. The molecule has 0 aliphatic carbocycles. The van der Waals surface area contributed by atoms with E-state index in [1.807, 2.05) is 36.6 Å². The number of hydrogen-bond donors (Lipinski definition) is 0. The van der Waals surface area contributed by atoms with Crippen LogP contribution in [-0.4, -0.2) is 55.1 Å². The van der Waals surface area contributed by atoms with Crippen LogP contribution in [0.15, 0.2) is 24.3 Å². The fraction of sp³-hybridized carbons (Fsp3) is 0.455. The van der Waals surface area contributed by atoms with E-state index in [0.717, 1.165) is 64.9 Å². The summed E-state index contributed by atoms with van der Waals surface area (Å²) in [5, 5.41) is 4.87. The van der Waals surface area contributed by atoms with Crippen molar-refractivity contribution in [2.45, 2.75) is 32.7 Å². The fourth-order valence-electron chi connectivity index (χ4n) is 4.25. The molecule has 0 spiro atoms. The minimum absolute atomic E-state index is 0.355. The third-order valence-electron chi connectivity index (χ3n) is 5.58. The predicted octanol–water partition coefficient (Wildman–Crippen LogP) is 3.65. The second kappa shape index (κ2) is 7.91. The predicted molar refractivity (Wildman–Crippen MR) is 113 cm³/mol. The third-order valence-corrected chi connectivity index (χ3v) is 5.58. The molecule has 0 radical (unpaired) electrons. The van der Waals surface area contributed by atoms with Gasteiger partial charge < -0.3 is 19.1 Å². The van der Waals surface area contributed by atoms with Crippen LogP contribution in [0, 0.1) is 13.8 Å². The molecule has 1 aliphatic heterocycles. The van der Waals surface area contributed by atoms with Crippen molar-refractivity contribution in [2.75, 3.05) is 39.4 Å². The van der Waals surface area contributed by atoms with Crippen LogP contribution in [0.1, 0.15) is 24.2 Å². The van der Waals surface area contributed by atoms with Crippen LogP contribution in [0.25, 0.3) is 16.8 Å². The number of rotatable bonds is 6. The highest BCUT2D eigenvalue weighted by Crippen LogP contribution is 2.38. The Labute approximate surface area is 171 Å². The molecule has 3 aromatic rings. The van der Waals surface area contributed by atoms with Gasteiger partial charge in [0.1, 0.15) is 17.3 Å². The average molecular weight is 396 g/mol. The summed E-state index contributed by atoms with van der Waals surface area (Å²) in [7, 11) is 5.08. The van der Waals surface area contributed by atoms with Gasteiger partial charge in [0.05, 0.1) is 38.1 Å². The lowest BCUT2D eigenvalue weighted by Crippen LogP contribution is -2.34. The highest BCUT2D eigenvalue weighted by Gasteiger charge is 2.28. The highest BCUT2D eigenvalue weighted by molar-refractivity contribution is 5.85. The second-order valence-electron chi connectivity index (χ2n) is 7.46. The molecular weight excluding hydrogens is 368 g/mol. The van der Waals surface area contributed by atoms with Gasteiger partial charge in [0.2, 0.25) is 0 Å². The topological polar surface area (TPSA) is 61.1 Å². The molecule has 7 heteroatoms. The van der Waals surface area contributed by atoms with Gasteiger partial charge in [-0.15, -0.1) is 0 Å². The summed E-state index contributed by atoms with van der Waals surface area (Å²) in [5.41, 5.74) is 4.65. The summed E-state index contributed by atoms with van der Waals surface area (Å²) in [4.78, 5) is 7.25. The van der Waals surface area contributed by atoms with E-state index in [4.69, 9.17) is 24.3 Å². The average Bonchev–Trinajstić information content (AvgIpc) is 3.31. The molecule has 7 nitrogen and oxygen atoms in total. The van der Waals surface area contributed by atoms with Gasteiger partial charge in [0.15, 0.2) is 5.65 Å². The smallest absolute Gasteiger partial charge is 0.165 e. The Morgan fingerprint density at radius 2 is 1.93 bits per heavy atom. The standard InChI is InChI=1S/C22H28N4O3/c1-14-11-20(25-10-6-7-16(25)13-27-3)26-22(23-14)21(15(2)24-26)18-9-8-17(28-4)12-19(18)29-5/h8-9,11-12,16H,6-7,10,13H2,1-5H3/t16-/m0/s1. The summed E-state index contributed by atoms with van der Waals surface area (Å²) in [5.74, 6) is 2.56. The Hall–Kier alpha value is -2.80. The van der Waals surface area contributed by atoms with Gasteiger partial charge in [-0.2, -0.15) is 9.61 Å². The van der Waals surface area contributed by atoms with Gasteiger partial charge in [-0.3, -0.25) is 0 Å². The lowest BCUT2D eigenvalue weighted by atomic mass is 10.0. The van der Waals surface area contributed by atoms with Gasteiger partial charge >= 0.3 is 0 Å². The van der Waals surface area contributed by atoms with Crippen molar-refractivity contribution in [1.82, 2.24) is 14.6 Å². The number of anilines is 1. The molecule has 1 saturated heterocycles. The number of nitrogens with zero attached hydrogens (tertiary/aromatic N) is 4. The van der Waals surface area contributed by atoms with Crippen LogP contribution in [0.2, 0.25) is 0 Å². The first-order valence-electron chi connectivity index (χ1n) is 9.92. The minimum atomic E-state index is 0.355. The molecule has 29 heavy (non-hydrogen) atoms. The maximum Gasteiger partial charge on any atom is 0.165 e. The Morgan fingerprint density at radius 1 is 1.10 bits per heavy atom. The summed E-state index contributed by atoms with van der Waals surface area (Å²) in [6.07, 6.45) is 2.27. The van der Waals surface area contributed by atoms with Crippen LogP contribution in [0.3, 0.4) is 0 Å². The van der Waals surface area contributed by atoms with Gasteiger partial charge in [0.25, 0.3) is 0 Å². The summed E-state index contributed by atoms with van der Waals surface area (Å²) < 4.78 is 18.4. The van der Waals surface area contributed by atoms with Crippen molar-refractivity contribution >= 4 is 11.5 Å². The van der Waals surface area contributed by atoms with Gasteiger partial charge in [-0.1, -0.05) is 0 Å². The maximum atomic E-state index is 5.65. The number of benzene rings is 1.